The molecule has 4 heteroatoms. The van der Waals surface area contributed by atoms with E-state index in [9.17, 15) is 4.79 Å². The Morgan fingerprint density at radius 1 is 1.05 bits per heavy atom. The Morgan fingerprint density at radius 3 is 2.38 bits per heavy atom. The zero-order valence-electron chi connectivity index (χ0n) is 11.7. The predicted octanol–water partition coefficient (Wildman–Crippen LogP) is 3.43. The van der Waals surface area contributed by atoms with Crippen LogP contribution in [-0.4, -0.2) is 15.5 Å². The van der Waals surface area contributed by atoms with E-state index in [0.717, 1.165) is 16.9 Å². The molecule has 0 bridgehead atoms. The Kier molecular flexibility index (Phi) is 3.51. The van der Waals surface area contributed by atoms with E-state index in [2.05, 4.69) is 10.3 Å². The number of aryl methyl sites for hydroxylation is 1. The Morgan fingerprint density at radius 2 is 1.76 bits per heavy atom. The van der Waals surface area contributed by atoms with E-state index in [4.69, 9.17) is 0 Å². The molecule has 3 rings (SSSR count). The number of carbonyl (C=O) groups excluding carboxylic acids is 1. The number of hydrogen-bond acceptors (Lipinski definition) is 2. The molecule has 0 unspecified atom stereocenters. The summed E-state index contributed by atoms with van der Waals surface area (Å²) in [6, 6.07) is 15.1. The number of imidazole rings is 1. The Balaban J connectivity index is 1.73. The number of nitrogens with one attached hydrogen (secondary N) is 1. The lowest BCUT2D eigenvalue weighted by atomic mass is 10.1. The average Bonchev–Trinajstić information content (AvgIpc) is 3.03. The van der Waals surface area contributed by atoms with Gasteiger partial charge in [0.1, 0.15) is 0 Å². The van der Waals surface area contributed by atoms with Crippen LogP contribution in [0, 0.1) is 6.92 Å². The van der Waals surface area contributed by atoms with Crippen molar-refractivity contribution >= 4 is 11.6 Å². The largest absolute Gasteiger partial charge is 0.322 e. The van der Waals surface area contributed by atoms with E-state index in [1.807, 2.05) is 66.2 Å². The molecule has 0 aliphatic heterocycles. The van der Waals surface area contributed by atoms with Gasteiger partial charge in [0.25, 0.3) is 5.91 Å². The molecule has 1 heterocycles. The van der Waals surface area contributed by atoms with Gasteiger partial charge in [0, 0.05) is 29.3 Å². The molecule has 4 nitrogen and oxygen atoms in total. The Hall–Kier alpha value is -2.88. The normalized spacial score (nSPS) is 10.3. The van der Waals surface area contributed by atoms with E-state index in [0.29, 0.717) is 5.56 Å². The minimum Gasteiger partial charge on any atom is -0.322 e. The average molecular weight is 277 g/mol. The number of aromatic nitrogens is 2. The van der Waals surface area contributed by atoms with Gasteiger partial charge in [0.15, 0.2) is 0 Å². The van der Waals surface area contributed by atoms with Gasteiger partial charge in [-0.3, -0.25) is 4.79 Å². The van der Waals surface area contributed by atoms with Gasteiger partial charge in [-0.15, -0.1) is 0 Å². The van der Waals surface area contributed by atoms with Crippen LogP contribution in [-0.2, 0) is 0 Å². The van der Waals surface area contributed by atoms with Crippen LogP contribution in [0.4, 0.5) is 5.69 Å². The summed E-state index contributed by atoms with van der Waals surface area (Å²) in [6.45, 7) is 2.00. The lowest BCUT2D eigenvalue weighted by molar-refractivity contribution is 0.102. The van der Waals surface area contributed by atoms with Crippen molar-refractivity contribution in [2.75, 3.05) is 5.32 Å². The van der Waals surface area contributed by atoms with Crippen molar-refractivity contribution in [1.29, 1.82) is 0 Å². The lowest BCUT2D eigenvalue weighted by Crippen LogP contribution is -2.11. The van der Waals surface area contributed by atoms with Crippen LogP contribution in [0.2, 0.25) is 0 Å². The summed E-state index contributed by atoms with van der Waals surface area (Å²) in [5.74, 6) is -0.106. The van der Waals surface area contributed by atoms with Crippen molar-refractivity contribution in [3.8, 4) is 5.69 Å². The molecule has 104 valence electrons. The maximum Gasteiger partial charge on any atom is 0.255 e. The second kappa shape index (κ2) is 5.63. The molecule has 1 aromatic heterocycles. The molecule has 3 aromatic rings. The van der Waals surface area contributed by atoms with Crippen molar-refractivity contribution in [3.63, 3.8) is 0 Å². The first-order valence-corrected chi connectivity index (χ1v) is 6.69. The molecular weight excluding hydrogens is 262 g/mol. The zero-order valence-corrected chi connectivity index (χ0v) is 11.7. The highest BCUT2D eigenvalue weighted by molar-refractivity contribution is 6.04. The molecule has 1 amide bonds. The van der Waals surface area contributed by atoms with Gasteiger partial charge in [-0.2, -0.15) is 0 Å². The molecule has 0 atom stereocenters. The van der Waals surface area contributed by atoms with E-state index in [1.54, 1.807) is 12.5 Å². The first-order valence-electron chi connectivity index (χ1n) is 6.69. The van der Waals surface area contributed by atoms with E-state index in [-0.39, 0.29) is 5.91 Å². The van der Waals surface area contributed by atoms with Crippen LogP contribution < -0.4 is 5.32 Å². The van der Waals surface area contributed by atoms with E-state index < -0.39 is 0 Å². The van der Waals surface area contributed by atoms with Crippen LogP contribution in [0.3, 0.4) is 0 Å². The van der Waals surface area contributed by atoms with Gasteiger partial charge in [-0.05, 0) is 43.3 Å². The maximum atomic E-state index is 12.1. The van der Waals surface area contributed by atoms with Crippen LogP contribution in [0.25, 0.3) is 5.69 Å². The fourth-order valence-electron chi connectivity index (χ4n) is 2.04. The van der Waals surface area contributed by atoms with Crippen molar-refractivity contribution < 1.29 is 4.79 Å². The van der Waals surface area contributed by atoms with Crippen molar-refractivity contribution in [2.45, 2.75) is 6.92 Å². The summed E-state index contributed by atoms with van der Waals surface area (Å²) in [4.78, 5) is 16.1. The minimum atomic E-state index is -0.106. The first-order chi connectivity index (χ1) is 10.2. The maximum absolute atomic E-state index is 12.1. The van der Waals surface area contributed by atoms with Gasteiger partial charge in [0.05, 0.1) is 6.33 Å². The number of benzene rings is 2. The van der Waals surface area contributed by atoms with Gasteiger partial charge in [-0.1, -0.05) is 17.7 Å². The first kappa shape index (κ1) is 13.1. The summed E-state index contributed by atoms with van der Waals surface area (Å²) in [7, 11) is 0. The van der Waals surface area contributed by atoms with Crippen LogP contribution in [0.15, 0.2) is 67.3 Å². The van der Waals surface area contributed by atoms with Crippen LogP contribution in [0.5, 0.6) is 0 Å². The number of anilines is 1. The molecule has 0 radical (unpaired) electrons. The highest BCUT2D eigenvalue weighted by atomic mass is 16.1. The third-order valence-electron chi connectivity index (χ3n) is 3.24. The SMILES string of the molecule is Cc1ccc(C(=O)Nc2ccc(-n3ccnc3)cc2)cc1. The smallest absolute Gasteiger partial charge is 0.255 e. The summed E-state index contributed by atoms with van der Waals surface area (Å²) in [5, 5.41) is 2.89. The van der Waals surface area contributed by atoms with Crippen molar-refractivity contribution in [1.82, 2.24) is 9.55 Å². The molecule has 2 aromatic carbocycles. The fourth-order valence-corrected chi connectivity index (χ4v) is 2.04. The topological polar surface area (TPSA) is 46.9 Å². The standard InChI is InChI=1S/C17H15N3O/c1-13-2-4-14(5-3-13)17(21)19-15-6-8-16(9-7-15)20-11-10-18-12-20/h2-12H,1H3,(H,19,21). The molecule has 0 aliphatic rings. The minimum absolute atomic E-state index is 0.106. The Bertz CT molecular complexity index is 729. The fraction of sp³-hybridized carbons (Fsp3) is 0.0588. The van der Waals surface area contributed by atoms with Crippen LogP contribution >= 0.6 is 0 Å². The predicted molar refractivity (Wildman–Crippen MR) is 82.7 cm³/mol. The summed E-state index contributed by atoms with van der Waals surface area (Å²) in [6.07, 6.45) is 5.34. The zero-order chi connectivity index (χ0) is 14.7. The third-order valence-corrected chi connectivity index (χ3v) is 3.24. The highest BCUT2D eigenvalue weighted by Gasteiger charge is 2.05. The van der Waals surface area contributed by atoms with Crippen molar-refractivity contribution in [2.24, 2.45) is 0 Å². The molecule has 21 heavy (non-hydrogen) atoms. The monoisotopic (exact) mass is 277 g/mol. The second-order valence-electron chi connectivity index (χ2n) is 4.84. The summed E-state index contributed by atoms with van der Waals surface area (Å²) in [5.41, 5.74) is 3.56. The Labute approximate surface area is 123 Å². The van der Waals surface area contributed by atoms with Crippen molar-refractivity contribution in [3.05, 3.63) is 78.4 Å². The molecular formula is C17H15N3O. The lowest BCUT2D eigenvalue weighted by Gasteiger charge is -2.07. The number of rotatable bonds is 3. The number of carbonyl (C=O) groups is 1. The quantitative estimate of drug-likeness (QED) is 0.797. The number of nitrogens with zero attached hydrogens (tertiary/aromatic N) is 2. The third kappa shape index (κ3) is 3.00. The summed E-state index contributed by atoms with van der Waals surface area (Å²) < 4.78 is 1.91. The van der Waals surface area contributed by atoms with Crippen LogP contribution in [0.1, 0.15) is 15.9 Å². The highest BCUT2D eigenvalue weighted by Crippen LogP contribution is 2.14. The molecule has 0 aliphatic carbocycles. The number of hydrogen-bond donors (Lipinski definition) is 1. The molecule has 0 fully saturated rings. The van der Waals surface area contributed by atoms with Gasteiger partial charge >= 0.3 is 0 Å². The van der Waals surface area contributed by atoms with E-state index in [1.165, 1.54) is 0 Å². The second-order valence-corrected chi connectivity index (χ2v) is 4.84. The van der Waals surface area contributed by atoms with Gasteiger partial charge < -0.3 is 9.88 Å². The summed E-state index contributed by atoms with van der Waals surface area (Å²) >= 11 is 0. The van der Waals surface area contributed by atoms with E-state index >= 15 is 0 Å². The number of amides is 1. The molecule has 0 saturated heterocycles. The molecule has 0 spiro atoms. The van der Waals surface area contributed by atoms with Gasteiger partial charge in [0.2, 0.25) is 0 Å². The molecule has 1 N–H and O–H groups in total. The molecule has 0 saturated carbocycles. The van der Waals surface area contributed by atoms with Gasteiger partial charge in [-0.25, -0.2) is 4.98 Å².